The second-order valence-corrected chi connectivity index (χ2v) is 3.25. The molecule has 14 heavy (non-hydrogen) atoms. The van der Waals surface area contributed by atoms with Gasteiger partial charge in [0.05, 0.1) is 5.69 Å². The SMILES string of the molecule is CCc1cc(C[C@@H](N)C(=O)O)n(C)n1. The number of aromatic nitrogens is 2. The summed E-state index contributed by atoms with van der Waals surface area (Å²) in [4.78, 5) is 10.5. The first kappa shape index (κ1) is 10.7. The standard InChI is InChI=1S/C9H15N3O2/c1-3-6-4-7(12(2)11-6)5-8(10)9(13)14/h4,8H,3,5,10H2,1-2H3,(H,13,14)/t8-/m1/s1. The zero-order valence-corrected chi connectivity index (χ0v) is 8.40. The van der Waals surface area contributed by atoms with Gasteiger partial charge in [-0.1, -0.05) is 6.92 Å². The van der Waals surface area contributed by atoms with Crippen LogP contribution < -0.4 is 5.73 Å². The third kappa shape index (κ3) is 2.32. The summed E-state index contributed by atoms with van der Waals surface area (Å²) in [7, 11) is 1.79. The lowest BCUT2D eigenvalue weighted by Crippen LogP contribution is -2.32. The van der Waals surface area contributed by atoms with Gasteiger partial charge in [-0.2, -0.15) is 5.10 Å². The van der Waals surface area contributed by atoms with E-state index in [1.54, 1.807) is 11.7 Å². The number of hydrogen-bond acceptors (Lipinski definition) is 3. The zero-order chi connectivity index (χ0) is 10.7. The molecule has 78 valence electrons. The third-order valence-electron chi connectivity index (χ3n) is 2.14. The number of carboxylic acid groups (broad SMARTS) is 1. The van der Waals surface area contributed by atoms with Crippen LogP contribution in [-0.4, -0.2) is 26.9 Å². The number of carboxylic acids is 1. The highest BCUT2D eigenvalue weighted by Gasteiger charge is 2.14. The van der Waals surface area contributed by atoms with Crippen molar-refractivity contribution in [2.75, 3.05) is 0 Å². The Morgan fingerprint density at radius 1 is 1.79 bits per heavy atom. The molecule has 0 radical (unpaired) electrons. The maximum absolute atomic E-state index is 10.5. The van der Waals surface area contributed by atoms with Crippen LogP contribution in [0.2, 0.25) is 0 Å². The van der Waals surface area contributed by atoms with Crippen LogP contribution in [0.25, 0.3) is 0 Å². The second kappa shape index (κ2) is 4.23. The molecule has 0 amide bonds. The minimum Gasteiger partial charge on any atom is -0.480 e. The highest BCUT2D eigenvalue weighted by atomic mass is 16.4. The predicted molar refractivity (Wildman–Crippen MR) is 51.9 cm³/mol. The Balaban J connectivity index is 2.75. The number of rotatable bonds is 4. The van der Waals surface area contributed by atoms with E-state index in [0.29, 0.717) is 6.42 Å². The van der Waals surface area contributed by atoms with Crippen molar-refractivity contribution in [2.24, 2.45) is 12.8 Å². The Bertz CT molecular complexity index is 333. The van der Waals surface area contributed by atoms with Crippen LogP contribution in [0.4, 0.5) is 0 Å². The van der Waals surface area contributed by atoms with Gasteiger partial charge in [0.1, 0.15) is 6.04 Å². The van der Waals surface area contributed by atoms with E-state index >= 15 is 0 Å². The molecule has 1 aromatic heterocycles. The van der Waals surface area contributed by atoms with Gasteiger partial charge >= 0.3 is 5.97 Å². The van der Waals surface area contributed by atoms with Crippen LogP contribution in [0.3, 0.4) is 0 Å². The summed E-state index contributed by atoms with van der Waals surface area (Å²) in [5.74, 6) is -0.982. The van der Waals surface area contributed by atoms with Gasteiger partial charge in [0.15, 0.2) is 0 Å². The fourth-order valence-corrected chi connectivity index (χ4v) is 1.25. The third-order valence-corrected chi connectivity index (χ3v) is 2.14. The molecule has 0 fully saturated rings. The van der Waals surface area contributed by atoms with Crippen LogP contribution in [-0.2, 0) is 24.7 Å². The van der Waals surface area contributed by atoms with Gasteiger partial charge in [0, 0.05) is 19.2 Å². The summed E-state index contributed by atoms with van der Waals surface area (Å²) in [6.07, 6.45) is 1.16. The number of aliphatic carboxylic acids is 1. The Morgan fingerprint density at radius 2 is 2.43 bits per heavy atom. The Morgan fingerprint density at radius 3 is 2.86 bits per heavy atom. The summed E-state index contributed by atoms with van der Waals surface area (Å²) < 4.78 is 1.68. The Kier molecular flexibility index (Phi) is 3.24. The lowest BCUT2D eigenvalue weighted by Gasteiger charge is -2.05. The Hall–Kier alpha value is -1.36. The van der Waals surface area contributed by atoms with Crippen molar-refractivity contribution >= 4 is 5.97 Å². The van der Waals surface area contributed by atoms with Crippen molar-refractivity contribution in [1.82, 2.24) is 9.78 Å². The molecule has 1 rings (SSSR count). The van der Waals surface area contributed by atoms with Crippen LogP contribution in [0, 0.1) is 0 Å². The second-order valence-electron chi connectivity index (χ2n) is 3.25. The maximum atomic E-state index is 10.5. The van der Waals surface area contributed by atoms with E-state index in [-0.39, 0.29) is 0 Å². The van der Waals surface area contributed by atoms with E-state index in [0.717, 1.165) is 17.8 Å². The van der Waals surface area contributed by atoms with Gasteiger partial charge in [0.2, 0.25) is 0 Å². The lowest BCUT2D eigenvalue weighted by molar-refractivity contribution is -0.138. The molecule has 5 heteroatoms. The van der Waals surface area contributed by atoms with E-state index in [4.69, 9.17) is 10.8 Å². The topological polar surface area (TPSA) is 81.1 Å². The lowest BCUT2D eigenvalue weighted by atomic mass is 10.1. The summed E-state index contributed by atoms with van der Waals surface area (Å²) in [6, 6.07) is 1.04. The van der Waals surface area contributed by atoms with Gasteiger partial charge in [-0.25, -0.2) is 0 Å². The molecule has 1 heterocycles. The van der Waals surface area contributed by atoms with Gasteiger partial charge < -0.3 is 10.8 Å². The highest BCUT2D eigenvalue weighted by molar-refractivity contribution is 5.73. The molecular weight excluding hydrogens is 182 g/mol. The fraction of sp³-hybridized carbons (Fsp3) is 0.556. The van der Waals surface area contributed by atoms with Crippen molar-refractivity contribution in [2.45, 2.75) is 25.8 Å². The summed E-state index contributed by atoms with van der Waals surface area (Å²) >= 11 is 0. The smallest absolute Gasteiger partial charge is 0.320 e. The van der Waals surface area contributed by atoms with E-state index in [9.17, 15) is 4.79 Å². The number of nitrogens with zero attached hydrogens (tertiary/aromatic N) is 2. The molecule has 0 aliphatic heterocycles. The van der Waals surface area contributed by atoms with Crippen LogP contribution >= 0.6 is 0 Å². The number of nitrogens with two attached hydrogens (primary N) is 1. The van der Waals surface area contributed by atoms with Crippen molar-refractivity contribution in [1.29, 1.82) is 0 Å². The summed E-state index contributed by atoms with van der Waals surface area (Å²) in [5.41, 5.74) is 7.24. The number of aryl methyl sites for hydroxylation is 2. The van der Waals surface area contributed by atoms with Crippen LogP contribution in [0.15, 0.2) is 6.07 Å². The van der Waals surface area contributed by atoms with Crippen LogP contribution in [0.1, 0.15) is 18.3 Å². The van der Waals surface area contributed by atoms with Gasteiger partial charge in [-0.05, 0) is 12.5 Å². The molecule has 0 aliphatic carbocycles. The van der Waals surface area contributed by atoms with Gasteiger partial charge in [-0.15, -0.1) is 0 Å². The molecule has 5 nitrogen and oxygen atoms in total. The highest BCUT2D eigenvalue weighted by Crippen LogP contribution is 2.06. The first-order valence-corrected chi connectivity index (χ1v) is 4.54. The average Bonchev–Trinajstić information content (AvgIpc) is 2.47. The van der Waals surface area contributed by atoms with Crippen molar-refractivity contribution < 1.29 is 9.90 Å². The maximum Gasteiger partial charge on any atom is 0.320 e. The first-order valence-electron chi connectivity index (χ1n) is 4.54. The molecule has 3 N–H and O–H groups in total. The zero-order valence-electron chi connectivity index (χ0n) is 8.40. The molecule has 1 aromatic rings. The summed E-state index contributed by atoms with van der Waals surface area (Å²) in [5, 5.41) is 12.9. The molecule has 1 atom stereocenters. The van der Waals surface area contributed by atoms with E-state index in [2.05, 4.69) is 5.10 Å². The average molecular weight is 197 g/mol. The predicted octanol–water partition coefficient (Wildman–Crippen LogP) is -0.0631. The molecule has 0 bridgehead atoms. The molecule has 0 spiro atoms. The molecule has 0 unspecified atom stereocenters. The largest absolute Gasteiger partial charge is 0.480 e. The van der Waals surface area contributed by atoms with Crippen LogP contribution in [0.5, 0.6) is 0 Å². The molecule has 0 aromatic carbocycles. The van der Waals surface area contributed by atoms with Gasteiger partial charge in [-0.3, -0.25) is 9.48 Å². The van der Waals surface area contributed by atoms with E-state index < -0.39 is 12.0 Å². The Labute approximate surface area is 82.5 Å². The number of hydrogen-bond donors (Lipinski definition) is 2. The monoisotopic (exact) mass is 197 g/mol. The summed E-state index contributed by atoms with van der Waals surface area (Å²) in [6.45, 7) is 2.00. The van der Waals surface area contributed by atoms with E-state index in [1.165, 1.54) is 0 Å². The minimum atomic E-state index is -0.982. The van der Waals surface area contributed by atoms with E-state index in [1.807, 2.05) is 13.0 Å². The minimum absolute atomic E-state index is 0.318. The first-order chi connectivity index (χ1) is 6.54. The number of carbonyl (C=O) groups is 1. The normalized spacial score (nSPS) is 12.8. The van der Waals surface area contributed by atoms with Gasteiger partial charge in [0.25, 0.3) is 0 Å². The molecule has 0 aliphatic rings. The fourth-order valence-electron chi connectivity index (χ4n) is 1.25. The molecular formula is C9H15N3O2. The molecule has 0 saturated heterocycles. The van der Waals surface area contributed by atoms with Crippen molar-refractivity contribution in [3.8, 4) is 0 Å². The quantitative estimate of drug-likeness (QED) is 0.708. The molecule has 0 saturated carbocycles. The van der Waals surface area contributed by atoms with Crippen molar-refractivity contribution in [3.05, 3.63) is 17.5 Å². The van der Waals surface area contributed by atoms with Crippen molar-refractivity contribution in [3.63, 3.8) is 0 Å².